The van der Waals surface area contributed by atoms with Gasteiger partial charge in [0, 0.05) is 0 Å². The number of halogens is 1. The van der Waals surface area contributed by atoms with Crippen molar-refractivity contribution >= 4 is 27.4 Å². The van der Waals surface area contributed by atoms with Crippen LogP contribution in [0.2, 0.25) is 5.15 Å². The van der Waals surface area contributed by atoms with Gasteiger partial charge in [0.2, 0.25) is 0 Å². The third-order valence-electron chi connectivity index (χ3n) is 2.63. The number of aryl methyl sites for hydroxylation is 1. The highest BCUT2D eigenvalue weighted by atomic mass is 35.5. The van der Waals surface area contributed by atoms with E-state index in [2.05, 4.69) is 9.71 Å². The molecule has 0 saturated heterocycles. The van der Waals surface area contributed by atoms with E-state index in [0.29, 0.717) is 5.75 Å². The average molecular weight is 313 g/mol. The molecule has 0 unspecified atom stereocenters. The molecule has 0 radical (unpaired) electrons. The fraction of sp³-hybridized carbons (Fsp3) is 0.154. The zero-order valence-corrected chi connectivity index (χ0v) is 12.5. The maximum Gasteiger partial charge on any atom is 0.263 e. The van der Waals surface area contributed by atoms with Gasteiger partial charge in [-0.15, -0.1) is 0 Å². The number of hydrogen-bond donors (Lipinski definition) is 1. The van der Waals surface area contributed by atoms with Crippen LogP contribution in [-0.4, -0.2) is 20.5 Å². The molecule has 20 heavy (non-hydrogen) atoms. The molecule has 106 valence electrons. The van der Waals surface area contributed by atoms with Crippen molar-refractivity contribution in [2.45, 2.75) is 11.8 Å². The number of methoxy groups -OCH3 is 1. The minimum absolute atomic E-state index is 0.137. The number of ether oxygens (including phenoxy) is 1. The van der Waals surface area contributed by atoms with Crippen LogP contribution in [0.5, 0.6) is 5.75 Å². The molecular formula is C13H13ClN2O3S. The standard InChI is InChI=1S/C13H13ClN2O3S/c1-9-8-10(6-7-11(9)19-2)20(17,18)16-13-5-3-4-12(14)15-13/h3-8H,1-2H3,(H,15,16). The topological polar surface area (TPSA) is 68.3 Å². The minimum Gasteiger partial charge on any atom is -0.496 e. The van der Waals surface area contributed by atoms with Crippen molar-refractivity contribution in [1.29, 1.82) is 0 Å². The van der Waals surface area contributed by atoms with Crippen LogP contribution < -0.4 is 9.46 Å². The first-order valence-corrected chi connectivity index (χ1v) is 7.58. The highest BCUT2D eigenvalue weighted by Crippen LogP contribution is 2.23. The molecule has 0 saturated carbocycles. The van der Waals surface area contributed by atoms with E-state index in [1.54, 1.807) is 25.1 Å². The number of aromatic nitrogens is 1. The van der Waals surface area contributed by atoms with Crippen molar-refractivity contribution in [2.24, 2.45) is 0 Å². The van der Waals surface area contributed by atoms with Crippen LogP contribution in [-0.2, 0) is 10.0 Å². The second kappa shape index (κ2) is 5.68. The van der Waals surface area contributed by atoms with E-state index in [-0.39, 0.29) is 15.9 Å². The van der Waals surface area contributed by atoms with Crippen molar-refractivity contribution in [3.05, 3.63) is 47.1 Å². The number of hydrogen-bond acceptors (Lipinski definition) is 4. The Kier molecular flexibility index (Phi) is 4.15. The Bertz CT molecular complexity index is 732. The molecule has 1 aromatic heterocycles. The Hall–Kier alpha value is -1.79. The zero-order chi connectivity index (χ0) is 14.8. The minimum atomic E-state index is -3.70. The Morgan fingerprint density at radius 2 is 2.00 bits per heavy atom. The third-order valence-corrected chi connectivity index (χ3v) is 4.19. The molecular weight excluding hydrogens is 300 g/mol. The van der Waals surface area contributed by atoms with Crippen molar-refractivity contribution in [1.82, 2.24) is 4.98 Å². The molecule has 0 fully saturated rings. The maximum atomic E-state index is 12.2. The predicted octanol–water partition coefficient (Wildman–Crippen LogP) is 2.85. The number of pyridine rings is 1. The Morgan fingerprint density at radius 1 is 1.25 bits per heavy atom. The summed E-state index contributed by atoms with van der Waals surface area (Å²) in [4.78, 5) is 4.03. The van der Waals surface area contributed by atoms with E-state index in [9.17, 15) is 8.42 Å². The molecule has 1 aromatic carbocycles. The lowest BCUT2D eigenvalue weighted by molar-refractivity contribution is 0.411. The lowest BCUT2D eigenvalue weighted by atomic mass is 10.2. The van der Waals surface area contributed by atoms with Crippen LogP contribution in [0.3, 0.4) is 0 Å². The predicted molar refractivity (Wildman–Crippen MR) is 77.8 cm³/mol. The van der Waals surface area contributed by atoms with Gasteiger partial charge in [0.1, 0.15) is 16.7 Å². The summed E-state index contributed by atoms with van der Waals surface area (Å²) in [5, 5.41) is 0.219. The number of nitrogens with zero attached hydrogens (tertiary/aromatic N) is 1. The van der Waals surface area contributed by atoms with Crippen LogP contribution >= 0.6 is 11.6 Å². The van der Waals surface area contributed by atoms with Crippen LogP contribution in [0.15, 0.2) is 41.3 Å². The van der Waals surface area contributed by atoms with Gasteiger partial charge in [0.25, 0.3) is 10.0 Å². The number of sulfonamides is 1. The summed E-state index contributed by atoms with van der Waals surface area (Å²) < 4.78 is 31.9. The molecule has 0 atom stereocenters. The maximum absolute atomic E-state index is 12.2. The monoisotopic (exact) mass is 312 g/mol. The van der Waals surface area contributed by atoms with E-state index in [1.807, 2.05) is 0 Å². The Balaban J connectivity index is 2.33. The first-order chi connectivity index (χ1) is 9.42. The molecule has 0 bridgehead atoms. The van der Waals surface area contributed by atoms with Gasteiger partial charge in [-0.3, -0.25) is 4.72 Å². The van der Waals surface area contributed by atoms with E-state index in [4.69, 9.17) is 16.3 Å². The number of anilines is 1. The smallest absolute Gasteiger partial charge is 0.263 e. The van der Waals surface area contributed by atoms with E-state index in [1.165, 1.54) is 25.3 Å². The highest BCUT2D eigenvalue weighted by molar-refractivity contribution is 7.92. The molecule has 0 aliphatic rings. The molecule has 2 aromatic rings. The molecule has 1 N–H and O–H groups in total. The van der Waals surface area contributed by atoms with Gasteiger partial charge in [0.05, 0.1) is 12.0 Å². The second-order valence-electron chi connectivity index (χ2n) is 4.08. The third kappa shape index (κ3) is 3.20. The first kappa shape index (κ1) is 14.6. The molecule has 0 amide bonds. The van der Waals surface area contributed by atoms with Crippen LogP contribution in [0, 0.1) is 6.92 Å². The molecule has 2 rings (SSSR count). The van der Waals surface area contributed by atoms with Gasteiger partial charge in [0.15, 0.2) is 0 Å². The Morgan fingerprint density at radius 3 is 2.60 bits per heavy atom. The normalized spacial score (nSPS) is 11.2. The zero-order valence-electron chi connectivity index (χ0n) is 10.9. The second-order valence-corrected chi connectivity index (χ2v) is 6.15. The molecule has 1 heterocycles. The van der Waals surface area contributed by atoms with Crippen molar-refractivity contribution in [3.63, 3.8) is 0 Å². The summed E-state index contributed by atoms with van der Waals surface area (Å²) in [6.45, 7) is 1.77. The first-order valence-electron chi connectivity index (χ1n) is 5.72. The van der Waals surface area contributed by atoms with E-state index in [0.717, 1.165) is 5.56 Å². The summed E-state index contributed by atoms with van der Waals surface area (Å²) >= 11 is 5.72. The van der Waals surface area contributed by atoms with Gasteiger partial charge in [-0.2, -0.15) is 0 Å². The number of benzene rings is 1. The molecule has 0 aliphatic carbocycles. The highest BCUT2D eigenvalue weighted by Gasteiger charge is 2.16. The van der Waals surface area contributed by atoms with Gasteiger partial charge in [-0.1, -0.05) is 17.7 Å². The van der Waals surface area contributed by atoms with Gasteiger partial charge < -0.3 is 4.74 Å². The summed E-state index contributed by atoms with van der Waals surface area (Å²) in [5.41, 5.74) is 0.731. The molecule has 0 aliphatic heterocycles. The summed E-state index contributed by atoms with van der Waals surface area (Å²) in [7, 11) is -2.17. The fourth-order valence-electron chi connectivity index (χ4n) is 1.68. The van der Waals surface area contributed by atoms with Crippen LogP contribution in [0.25, 0.3) is 0 Å². The summed E-state index contributed by atoms with van der Waals surface area (Å²) in [6, 6.07) is 9.32. The summed E-state index contributed by atoms with van der Waals surface area (Å²) in [5.74, 6) is 0.802. The SMILES string of the molecule is COc1ccc(S(=O)(=O)Nc2cccc(Cl)n2)cc1C. The van der Waals surface area contributed by atoms with Gasteiger partial charge in [-0.25, -0.2) is 13.4 Å². The summed E-state index contributed by atoms with van der Waals surface area (Å²) in [6.07, 6.45) is 0. The molecule has 0 spiro atoms. The largest absolute Gasteiger partial charge is 0.496 e. The van der Waals surface area contributed by atoms with E-state index >= 15 is 0 Å². The van der Waals surface area contributed by atoms with Crippen LogP contribution in [0.1, 0.15) is 5.56 Å². The van der Waals surface area contributed by atoms with Gasteiger partial charge >= 0.3 is 0 Å². The molecule has 5 nitrogen and oxygen atoms in total. The van der Waals surface area contributed by atoms with Crippen LogP contribution in [0.4, 0.5) is 5.82 Å². The van der Waals surface area contributed by atoms with Crippen molar-refractivity contribution < 1.29 is 13.2 Å². The quantitative estimate of drug-likeness (QED) is 0.881. The number of rotatable bonds is 4. The lowest BCUT2D eigenvalue weighted by Gasteiger charge is -2.10. The molecule has 7 heteroatoms. The lowest BCUT2D eigenvalue weighted by Crippen LogP contribution is -2.14. The van der Waals surface area contributed by atoms with Crippen molar-refractivity contribution in [3.8, 4) is 5.75 Å². The number of nitrogens with one attached hydrogen (secondary N) is 1. The average Bonchev–Trinajstić information content (AvgIpc) is 2.38. The fourth-order valence-corrected chi connectivity index (χ4v) is 2.93. The Labute approximate surface area is 122 Å². The van der Waals surface area contributed by atoms with Gasteiger partial charge in [-0.05, 0) is 42.8 Å². The van der Waals surface area contributed by atoms with E-state index < -0.39 is 10.0 Å². The van der Waals surface area contributed by atoms with Crippen molar-refractivity contribution in [2.75, 3.05) is 11.8 Å².